The van der Waals surface area contributed by atoms with Crippen molar-refractivity contribution in [3.63, 3.8) is 0 Å². The Labute approximate surface area is 103 Å². The highest BCUT2D eigenvalue weighted by Gasteiger charge is 2.09. The van der Waals surface area contributed by atoms with Gasteiger partial charge in [-0.1, -0.05) is 18.2 Å². The lowest BCUT2D eigenvalue weighted by molar-refractivity contribution is -0.120. The third-order valence-electron chi connectivity index (χ3n) is 3.24. The Morgan fingerprint density at radius 2 is 2.00 bits per heavy atom. The Balaban J connectivity index is 1.95. The van der Waals surface area contributed by atoms with Gasteiger partial charge in [-0.05, 0) is 49.4 Å². The first-order valence-electron chi connectivity index (χ1n) is 6.31. The van der Waals surface area contributed by atoms with Gasteiger partial charge in [0.05, 0.1) is 6.54 Å². The lowest BCUT2D eigenvalue weighted by Gasteiger charge is -2.16. The SMILES string of the molecule is CNCC(=O)NCc1ccc2c(c1)CCCC2. The number of fused-ring (bicyclic) bond motifs is 1. The second-order valence-corrected chi connectivity index (χ2v) is 4.62. The number of amides is 1. The molecular formula is C14H20N2O. The average Bonchev–Trinajstić information content (AvgIpc) is 2.36. The number of hydrogen-bond acceptors (Lipinski definition) is 2. The van der Waals surface area contributed by atoms with Crippen molar-refractivity contribution in [2.45, 2.75) is 32.2 Å². The largest absolute Gasteiger partial charge is 0.351 e. The van der Waals surface area contributed by atoms with Crippen LogP contribution in [0.4, 0.5) is 0 Å². The van der Waals surface area contributed by atoms with Crippen LogP contribution in [0.3, 0.4) is 0 Å². The van der Waals surface area contributed by atoms with Crippen LogP contribution in [0.25, 0.3) is 0 Å². The predicted molar refractivity (Wildman–Crippen MR) is 68.9 cm³/mol. The number of rotatable bonds is 4. The summed E-state index contributed by atoms with van der Waals surface area (Å²) in [5.74, 6) is 0.0465. The van der Waals surface area contributed by atoms with Crippen LogP contribution >= 0.6 is 0 Å². The quantitative estimate of drug-likeness (QED) is 0.824. The molecule has 1 aliphatic rings. The van der Waals surface area contributed by atoms with Gasteiger partial charge in [0.1, 0.15) is 0 Å². The minimum absolute atomic E-state index is 0.0465. The van der Waals surface area contributed by atoms with Gasteiger partial charge in [0.25, 0.3) is 0 Å². The molecule has 0 spiro atoms. The summed E-state index contributed by atoms with van der Waals surface area (Å²) in [5, 5.41) is 5.75. The zero-order valence-corrected chi connectivity index (χ0v) is 10.4. The van der Waals surface area contributed by atoms with E-state index in [2.05, 4.69) is 28.8 Å². The topological polar surface area (TPSA) is 41.1 Å². The first-order valence-corrected chi connectivity index (χ1v) is 6.31. The van der Waals surface area contributed by atoms with Gasteiger partial charge in [-0.2, -0.15) is 0 Å². The van der Waals surface area contributed by atoms with E-state index in [-0.39, 0.29) is 5.91 Å². The van der Waals surface area contributed by atoms with Crippen molar-refractivity contribution in [3.05, 3.63) is 34.9 Å². The molecule has 0 aromatic heterocycles. The molecule has 0 saturated heterocycles. The van der Waals surface area contributed by atoms with Crippen molar-refractivity contribution in [3.8, 4) is 0 Å². The highest BCUT2D eigenvalue weighted by atomic mass is 16.1. The Kier molecular flexibility index (Phi) is 4.15. The summed E-state index contributed by atoms with van der Waals surface area (Å²) in [6.07, 6.45) is 5.00. The lowest BCUT2D eigenvalue weighted by Crippen LogP contribution is -2.31. The normalized spacial score (nSPS) is 14.2. The molecule has 0 radical (unpaired) electrons. The van der Waals surface area contributed by atoms with E-state index < -0.39 is 0 Å². The maximum atomic E-state index is 11.3. The highest BCUT2D eigenvalue weighted by molar-refractivity contribution is 5.77. The Morgan fingerprint density at radius 1 is 1.24 bits per heavy atom. The maximum absolute atomic E-state index is 11.3. The molecule has 1 aromatic carbocycles. The van der Waals surface area contributed by atoms with Crippen molar-refractivity contribution >= 4 is 5.91 Å². The summed E-state index contributed by atoms with van der Waals surface area (Å²) < 4.78 is 0. The summed E-state index contributed by atoms with van der Waals surface area (Å²) in [6.45, 7) is 1.01. The molecule has 92 valence electrons. The predicted octanol–water partition coefficient (Wildman–Crippen LogP) is 1.40. The van der Waals surface area contributed by atoms with E-state index >= 15 is 0 Å². The number of nitrogens with one attached hydrogen (secondary N) is 2. The Bertz CT molecular complexity index is 401. The molecule has 1 aromatic rings. The smallest absolute Gasteiger partial charge is 0.234 e. The van der Waals surface area contributed by atoms with E-state index in [1.54, 1.807) is 7.05 Å². The van der Waals surface area contributed by atoms with Crippen LogP contribution in [-0.4, -0.2) is 19.5 Å². The summed E-state index contributed by atoms with van der Waals surface area (Å²) >= 11 is 0. The van der Waals surface area contributed by atoms with Gasteiger partial charge in [0, 0.05) is 6.54 Å². The molecule has 0 saturated carbocycles. The summed E-state index contributed by atoms with van der Waals surface area (Å²) in [7, 11) is 1.78. The molecule has 0 unspecified atom stereocenters. The fourth-order valence-corrected chi connectivity index (χ4v) is 2.32. The number of carbonyl (C=O) groups excluding carboxylic acids is 1. The number of aryl methyl sites for hydroxylation is 2. The van der Waals surface area contributed by atoms with Crippen molar-refractivity contribution < 1.29 is 4.79 Å². The number of carbonyl (C=O) groups is 1. The maximum Gasteiger partial charge on any atom is 0.234 e. The van der Waals surface area contributed by atoms with Gasteiger partial charge >= 0.3 is 0 Å². The molecule has 1 aliphatic carbocycles. The molecular weight excluding hydrogens is 212 g/mol. The molecule has 3 nitrogen and oxygen atoms in total. The average molecular weight is 232 g/mol. The van der Waals surface area contributed by atoms with Crippen LogP contribution in [0.2, 0.25) is 0 Å². The van der Waals surface area contributed by atoms with Crippen molar-refractivity contribution in [2.75, 3.05) is 13.6 Å². The van der Waals surface area contributed by atoms with Gasteiger partial charge in [-0.25, -0.2) is 0 Å². The summed E-state index contributed by atoms with van der Waals surface area (Å²) in [5.41, 5.74) is 4.16. The van der Waals surface area contributed by atoms with Crippen molar-refractivity contribution in [1.82, 2.24) is 10.6 Å². The number of likely N-dealkylation sites (N-methyl/N-ethyl adjacent to an activating group) is 1. The Hall–Kier alpha value is -1.35. The minimum Gasteiger partial charge on any atom is -0.351 e. The van der Waals surface area contributed by atoms with E-state index in [0.29, 0.717) is 13.1 Å². The second kappa shape index (κ2) is 5.82. The highest BCUT2D eigenvalue weighted by Crippen LogP contribution is 2.22. The van der Waals surface area contributed by atoms with Crippen molar-refractivity contribution in [1.29, 1.82) is 0 Å². The lowest BCUT2D eigenvalue weighted by atomic mass is 9.90. The summed E-state index contributed by atoms with van der Waals surface area (Å²) in [6, 6.07) is 6.59. The van der Waals surface area contributed by atoms with Crippen LogP contribution in [0.1, 0.15) is 29.5 Å². The second-order valence-electron chi connectivity index (χ2n) is 4.62. The number of hydrogen-bond donors (Lipinski definition) is 2. The van der Waals surface area contributed by atoms with E-state index in [4.69, 9.17) is 0 Å². The fraction of sp³-hybridized carbons (Fsp3) is 0.500. The molecule has 0 heterocycles. The molecule has 0 atom stereocenters. The third kappa shape index (κ3) is 3.30. The van der Waals surface area contributed by atoms with Gasteiger partial charge in [-0.15, -0.1) is 0 Å². The third-order valence-corrected chi connectivity index (χ3v) is 3.24. The van der Waals surface area contributed by atoms with Crippen molar-refractivity contribution in [2.24, 2.45) is 0 Å². The van der Waals surface area contributed by atoms with Gasteiger partial charge < -0.3 is 10.6 Å². The van der Waals surface area contributed by atoms with Crippen LogP contribution in [0, 0.1) is 0 Å². The molecule has 17 heavy (non-hydrogen) atoms. The first-order chi connectivity index (χ1) is 8.29. The van der Waals surface area contributed by atoms with Gasteiger partial charge in [-0.3, -0.25) is 4.79 Å². The van der Waals surface area contributed by atoms with Gasteiger partial charge in [0.15, 0.2) is 0 Å². The zero-order valence-electron chi connectivity index (χ0n) is 10.4. The fourth-order valence-electron chi connectivity index (χ4n) is 2.32. The Morgan fingerprint density at radius 3 is 2.76 bits per heavy atom. The minimum atomic E-state index is 0.0465. The van der Waals surface area contributed by atoms with E-state index in [1.807, 2.05) is 0 Å². The van der Waals surface area contributed by atoms with Crippen LogP contribution in [0.5, 0.6) is 0 Å². The van der Waals surface area contributed by atoms with E-state index in [1.165, 1.54) is 42.4 Å². The molecule has 3 heteroatoms. The van der Waals surface area contributed by atoms with E-state index in [0.717, 1.165) is 0 Å². The monoisotopic (exact) mass is 232 g/mol. The van der Waals surface area contributed by atoms with Crippen LogP contribution < -0.4 is 10.6 Å². The number of benzene rings is 1. The van der Waals surface area contributed by atoms with Crippen LogP contribution in [-0.2, 0) is 24.2 Å². The van der Waals surface area contributed by atoms with Crippen LogP contribution in [0.15, 0.2) is 18.2 Å². The molecule has 2 rings (SSSR count). The molecule has 1 amide bonds. The molecule has 0 aliphatic heterocycles. The molecule has 0 fully saturated rings. The molecule has 0 bridgehead atoms. The first kappa shape index (κ1) is 12.1. The molecule has 2 N–H and O–H groups in total. The standard InChI is InChI=1S/C14H20N2O/c1-15-10-14(17)16-9-11-6-7-12-4-2-3-5-13(12)8-11/h6-8,15H,2-5,9-10H2,1H3,(H,16,17). The zero-order chi connectivity index (χ0) is 12.1. The summed E-state index contributed by atoms with van der Waals surface area (Å²) in [4.78, 5) is 11.3. The van der Waals surface area contributed by atoms with E-state index in [9.17, 15) is 4.79 Å². The van der Waals surface area contributed by atoms with Gasteiger partial charge in [0.2, 0.25) is 5.91 Å².